The first-order valence-electron chi connectivity index (χ1n) is 9.94. The van der Waals surface area contributed by atoms with E-state index in [4.69, 9.17) is 26.2 Å². The molecule has 30 heavy (non-hydrogen) atoms. The number of fused-ring (bicyclic) bond motifs is 3. The predicted octanol–water partition coefficient (Wildman–Crippen LogP) is 6.12. The molecule has 0 aromatic heterocycles. The zero-order chi connectivity index (χ0) is 20.7. The van der Waals surface area contributed by atoms with Crippen molar-refractivity contribution in [2.24, 2.45) is 5.10 Å². The molecule has 2 heterocycles. The van der Waals surface area contributed by atoms with Crippen molar-refractivity contribution in [1.29, 1.82) is 0 Å². The molecule has 0 radical (unpaired) electrons. The molecule has 0 spiro atoms. The monoisotopic (exact) mass is 422 g/mol. The topological polar surface area (TPSA) is 34.1 Å². The number of benzene rings is 3. The van der Waals surface area contributed by atoms with Crippen molar-refractivity contribution < 1.29 is 13.9 Å². The number of halogens is 2. The van der Waals surface area contributed by atoms with Crippen LogP contribution in [0.3, 0.4) is 0 Å². The van der Waals surface area contributed by atoms with Crippen molar-refractivity contribution in [3.8, 4) is 11.5 Å². The zero-order valence-corrected chi connectivity index (χ0v) is 17.1. The lowest BCUT2D eigenvalue weighted by Gasteiger charge is -2.39. The van der Waals surface area contributed by atoms with Crippen molar-refractivity contribution in [2.45, 2.75) is 25.6 Å². The van der Waals surface area contributed by atoms with Gasteiger partial charge < -0.3 is 9.47 Å². The van der Waals surface area contributed by atoms with Crippen LogP contribution >= 0.6 is 11.6 Å². The van der Waals surface area contributed by atoms with E-state index in [2.05, 4.69) is 0 Å². The Labute approximate surface area is 179 Å². The van der Waals surface area contributed by atoms with Gasteiger partial charge in [0, 0.05) is 22.6 Å². The Morgan fingerprint density at radius 2 is 1.83 bits per heavy atom. The minimum absolute atomic E-state index is 0.0320. The number of para-hydroxylation sites is 1. The van der Waals surface area contributed by atoms with Gasteiger partial charge in [-0.15, -0.1) is 0 Å². The van der Waals surface area contributed by atoms with Gasteiger partial charge in [0.2, 0.25) is 6.23 Å². The van der Waals surface area contributed by atoms with E-state index in [1.54, 1.807) is 12.1 Å². The highest BCUT2D eigenvalue weighted by molar-refractivity contribution is 6.31. The molecule has 2 aliphatic heterocycles. The summed E-state index contributed by atoms with van der Waals surface area (Å²) in [4.78, 5) is 0. The summed E-state index contributed by atoms with van der Waals surface area (Å²) in [6, 6.07) is 19.9. The van der Waals surface area contributed by atoms with Crippen molar-refractivity contribution in [1.82, 2.24) is 5.01 Å². The third kappa shape index (κ3) is 3.19. The summed E-state index contributed by atoms with van der Waals surface area (Å²) in [5, 5.41) is 7.46. The Hall–Kier alpha value is -3.05. The highest BCUT2D eigenvalue weighted by Crippen LogP contribution is 2.51. The Kier molecular flexibility index (Phi) is 4.83. The van der Waals surface area contributed by atoms with E-state index in [0.29, 0.717) is 23.8 Å². The average Bonchev–Trinajstić information content (AvgIpc) is 3.20. The van der Waals surface area contributed by atoms with E-state index in [1.165, 1.54) is 12.1 Å². The highest BCUT2D eigenvalue weighted by Gasteiger charge is 2.42. The van der Waals surface area contributed by atoms with E-state index in [9.17, 15) is 4.39 Å². The summed E-state index contributed by atoms with van der Waals surface area (Å²) in [7, 11) is 0. The first kappa shape index (κ1) is 18.9. The summed E-state index contributed by atoms with van der Waals surface area (Å²) in [6.45, 7) is 2.49. The molecule has 3 aromatic rings. The molecule has 0 N–H and O–H groups in total. The fourth-order valence-corrected chi connectivity index (χ4v) is 4.28. The van der Waals surface area contributed by atoms with E-state index in [0.717, 1.165) is 28.2 Å². The molecule has 0 saturated carbocycles. The van der Waals surface area contributed by atoms with Crippen LogP contribution in [0.1, 0.15) is 42.3 Å². The second kappa shape index (κ2) is 7.65. The van der Waals surface area contributed by atoms with Gasteiger partial charge in [-0.05, 0) is 36.8 Å². The van der Waals surface area contributed by atoms with Crippen LogP contribution in [0.25, 0.3) is 0 Å². The average molecular weight is 423 g/mol. The normalized spacial score (nSPS) is 19.6. The molecule has 4 nitrogen and oxygen atoms in total. The van der Waals surface area contributed by atoms with Crippen LogP contribution in [-0.4, -0.2) is 17.3 Å². The van der Waals surface area contributed by atoms with Crippen LogP contribution in [-0.2, 0) is 0 Å². The SMILES string of the molecule is CCOc1cccc2c1O[C@@H](c1ccccc1Cl)N1N=C(c3ccc(F)cc3)C[C@H]21. The molecule has 2 atom stereocenters. The summed E-state index contributed by atoms with van der Waals surface area (Å²) in [6.07, 6.45) is 0.189. The van der Waals surface area contributed by atoms with Crippen molar-refractivity contribution in [3.05, 3.63) is 94.3 Å². The molecule has 0 bridgehead atoms. The maximum Gasteiger partial charge on any atom is 0.215 e. The first-order chi connectivity index (χ1) is 14.7. The smallest absolute Gasteiger partial charge is 0.215 e. The third-order valence-electron chi connectivity index (χ3n) is 5.43. The largest absolute Gasteiger partial charge is 0.490 e. The van der Waals surface area contributed by atoms with Crippen LogP contribution < -0.4 is 9.47 Å². The highest BCUT2D eigenvalue weighted by atomic mass is 35.5. The fraction of sp³-hybridized carbons (Fsp3) is 0.208. The second-order valence-electron chi connectivity index (χ2n) is 7.25. The Morgan fingerprint density at radius 1 is 1.07 bits per heavy atom. The van der Waals surface area contributed by atoms with Crippen LogP contribution in [0.2, 0.25) is 5.02 Å². The maximum atomic E-state index is 13.4. The molecule has 0 aliphatic carbocycles. The Balaban J connectivity index is 1.62. The quantitative estimate of drug-likeness (QED) is 0.508. The van der Waals surface area contributed by atoms with E-state index >= 15 is 0 Å². The zero-order valence-electron chi connectivity index (χ0n) is 16.4. The summed E-state index contributed by atoms with van der Waals surface area (Å²) >= 11 is 6.52. The molecule has 0 saturated heterocycles. The predicted molar refractivity (Wildman–Crippen MR) is 115 cm³/mol. The third-order valence-corrected chi connectivity index (χ3v) is 5.77. The van der Waals surface area contributed by atoms with Gasteiger partial charge in [0.15, 0.2) is 11.5 Å². The van der Waals surface area contributed by atoms with Gasteiger partial charge in [0.25, 0.3) is 0 Å². The van der Waals surface area contributed by atoms with Gasteiger partial charge in [-0.2, -0.15) is 5.10 Å². The van der Waals surface area contributed by atoms with Crippen LogP contribution in [0.15, 0.2) is 71.8 Å². The van der Waals surface area contributed by atoms with Gasteiger partial charge in [-0.25, -0.2) is 9.40 Å². The molecule has 3 aromatic carbocycles. The molecule has 0 amide bonds. The van der Waals surface area contributed by atoms with E-state index in [-0.39, 0.29) is 11.9 Å². The summed E-state index contributed by atoms with van der Waals surface area (Å²) < 4.78 is 25.7. The number of hydrogen-bond acceptors (Lipinski definition) is 4. The standard InChI is InChI=1S/C24H20ClFN2O2/c1-2-29-22-9-5-7-18-21-14-20(15-10-12-16(26)13-11-15)27-28(21)24(30-23(18)22)17-6-3-4-8-19(17)25/h3-13,21,24H,2,14H2,1H3/t21-,24+/m1/s1. The molecule has 5 rings (SSSR count). The molecular weight excluding hydrogens is 403 g/mol. The lowest BCUT2D eigenvalue weighted by molar-refractivity contribution is -0.0211. The fourth-order valence-electron chi connectivity index (χ4n) is 4.05. The second-order valence-corrected chi connectivity index (χ2v) is 7.66. The molecule has 6 heteroatoms. The molecule has 2 aliphatic rings. The van der Waals surface area contributed by atoms with Gasteiger partial charge in [0.05, 0.1) is 18.4 Å². The lowest BCUT2D eigenvalue weighted by atomic mass is 9.95. The molecular formula is C24H20ClFN2O2. The number of nitrogens with zero attached hydrogens (tertiary/aromatic N) is 2. The minimum Gasteiger partial charge on any atom is -0.490 e. The number of hydrogen-bond donors (Lipinski definition) is 0. The minimum atomic E-state index is -0.490. The molecule has 152 valence electrons. The number of hydrazone groups is 1. The van der Waals surface area contributed by atoms with Crippen LogP contribution in [0, 0.1) is 5.82 Å². The molecule has 0 fully saturated rings. The van der Waals surface area contributed by atoms with Crippen molar-refractivity contribution >= 4 is 17.3 Å². The van der Waals surface area contributed by atoms with E-state index < -0.39 is 6.23 Å². The number of ether oxygens (including phenoxy) is 2. The lowest BCUT2D eigenvalue weighted by Crippen LogP contribution is -2.34. The van der Waals surface area contributed by atoms with Gasteiger partial charge in [-0.3, -0.25) is 0 Å². The first-order valence-corrected chi connectivity index (χ1v) is 10.3. The summed E-state index contributed by atoms with van der Waals surface area (Å²) in [5.74, 6) is 1.17. The number of rotatable bonds is 4. The van der Waals surface area contributed by atoms with Crippen LogP contribution in [0.4, 0.5) is 4.39 Å². The molecule has 0 unspecified atom stereocenters. The van der Waals surface area contributed by atoms with Gasteiger partial charge >= 0.3 is 0 Å². The van der Waals surface area contributed by atoms with Crippen molar-refractivity contribution in [2.75, 3.05) is 6.61 Å². The summed E-state index contributed by atoms with van der Waals surface area (Å²) in [5.41, 5.74) is 3.64. The van der Waals surface area contributed by atoms with Crippen LogP contribution in [0.5, 0.6) is 11.5 Å². The Morgan fingerprint density at radius 3 is 2.60 bits per heavy atom. The Bertz CT molecular complexity index is 1120. The van der Waals surface area contributed by atoms with E-state index in [1.807, 2.05) is 54.4 Å². The van der Waals surface area contributed by atoms with Gasteiger partial charge in [-0.1, -0.05) is 54.1 Å². The maximum absolute atomic E-state index is 13.4. The van der Waals surface area contributed by atoms with Crippen molar-refractivity contribution in [3.63, 3.8) is 0 Å². The van der Waals surface area contributed by atoms with Gasteiger partial charge in [0.1, 0.15) is 5.82 Å².